The first kappa shape index (κ1) is 46.1. The number of imidazole rings is 1. The summed E-state index contributed by atoms with van der Waals surface area (Å²) in [5.41, 5.74) is 14.4. The molecule has 0 spiro atoms. The molecule has 70 heavy (non-hydrogen) atoms. The van der Waals surface area contributed by atoms with Gasteiger partial charge < -0.3 is 13.4 Å². The van der Waals surface area contributed by atoms with E-state index in [0.717, 1.165) is 94.3 Å². The van der Waals surface area contributed by atoms with Crippen molar-refractivity contribution in [2.24, 2.45) is 0 Å². The molecule has 7 nitrogen and oxygen atoms in total. The molecule has 0 aliphatic heterocycles. The molecule has 0 aliphatic carbocycles. The van der Waals surface area contributed by atoms with E-state index in [-0.39, 0.29) is 37.4 Å². The summed E-state index contributed by atoms with van der Waals surface area (Å²) < 4.78 is 15.5. The molecular formula is C62H49IrN5O2-2. The minimum Gasteiger partial charge on any atom is -0.501 e. The van der Waals surface area contributed by atoms with Crippen LogP contribution in [-0.4, -0.2) is 19.5 Å². The number of rotatable bonds is 6. The van der Waals surface area contributed by atoms with Gasteiger partial charge in [0.25, 0.3) is 0 Å². The maximum absolute atomic E-state index is 9.45. The fraction of sp³-hybridized carbons (Fsp3) is 0.161. The largest absolute Gasteiger partial charge is 0.501 e. The molecule has 12 aromatic rings. The van der Waals surface area contributed by atoms with Crippen LogP contribution in [0.3, 0.4) is 0 Å². The molecule has 0 N–H and O–H groups in total. The maximum Gasteiger partial charge on any atom is 0.136 e. The van der Waals surface area contributed by atoms with Crippen LogP contribution in [0.1, 0.15) is 82.7 Å². The monoisotopic (exact) mass is 1090 g/mol. The Kier molecular flexibility index (Phi) is 12.1. The van der Waals surface area contributed by atoms with Gasteiger partial charge in [0, 0.05) is 64.6 Å². The van der Waals surface area contributed by atoms with Gasteiger partial charge >= 0.3 is 0 Å². The summed E-state index contributed by atoms with van der Waals surface area (Å²) in [6, 6.07) is 60.6. The minimum absolute atomic E-state index is 0. The summed E-state index contributed by atoms with van der Waals surface area (Å²) in [7, 11) is 0. The van der Waals surface area contributed by atoms with Gasteiger partial charge in [-0.2, -0.15) is 5.26 Å². The fourth-order valence-corrected chi connectivity index (χ4v) is 9.52. The van der Waals surface area contributed by atoms with E-state index in [1.807, 2.05) is 54.7 Å². The molecule has 8 aromatic carbocycles. The average molecular weight is 1090 g/mol. The van der Waals surface area contributed by atoms with Crippen LogP contribution < -0.4 is 0 Å². The van der Waals surface area contributed by atoms with Crippen LogP contribution in [0.2, 0.25) is 0 Å². The second-order valence-corrected chi connectivity index (χ2v) is 19.4. The van der Waals surface area contributed by atoms with Crippen molar-refractivity contribution in [2.75, 3.05) is 0 Å². The van der Waals surface area contributed by atoms with Gasteiger partial charge in [0.1, 0.15) is 16.7 Å². The Morgan fingerprint density at radius 2 is 1.31 bits per heavy atom. The molecule has 4 heterocycles. The molecule has 12 rings (SSSR count). The molecule has 0 saturated heterocycles. The molecule has 1 radical (unpaired) electrons. The summed E-state index contributed by atoms with van der Waals surface area (Å²) in [6.45, 7) is 15.6. The Bertz CT molecular complexity index is 3930. The van der Waals surface area contributed by atoms with E-state index in [0.29, 0.717) is 11.1 Å². The van der Waals surface area contributed by atoms with Crippen LogP contribution >= 0.6 is 0 Å². The van der Waals surface area contributed by atoms with Gasteiger partial charge in [0.15, 0.2) is 0 Å². The third-order valence-corrected chi connectivity index (χ3v) is 13.0. The van der Waals surface area contributed by atoms with Gasteiger partial charge in [-0.25, -0.2) is 0 Å². The molecule has 0 aliphatic rings. The van der Waals surface area contributed by atoms with E-state index in [2.05, 4.69) is 178 Å². The van der Waals surface area contributed by atoms with Gasteiger partial charge in [-0.3, -0.25) is 15.0 Å². The van der Waals surface area contributed by atoms with Crippen LogP contribution in [0.4, 0.5) is 0 Å². The number of nitrogens with zero attached hydrogens (tertiary/aromatic N) is 5. The van der Waals surface area contributed by atoms with E-state index in [1.54, 1.807) is 6.07 Å². The SMILES string of the molecule is CC(C)(C)c1ccnc(-c2[c-]cccc2)n1.CC(C)c1cc(-c2ccccc2)cc(C(C)C)c1-n1c(-c2[c-]ccc3c2oc2cc4c(cc23)oc2cc(C#N)ccc24)nc2ccc3ccccc3c21.[Ir]. The number of hydrogen-bond acceptors (Lipinski definition) is 6. The Labute approximate surface area is 420 Å². The predicted octanol–water partition coefficient (Wildman–Crippen LogP) is 16.5. The first-order chi connectivity index (χ1) is 33.4. The van der Waals surface area contributed by atoms with Crippen molar-refractivity contribution in [3.05, 3.63) is 192 Å². The fourth-order valence-electron chi connectivity index (χ4n) is 9.52. The zero-order valence-electron chi connectivity index (χ0n) is 40.1. The number of benzene rings is 8. The van der Waals surface area contributed by atoms with E-state index in [4.69, 9.17) is 13.8 Å². The smallest absolute Gasteiger partial charge is 0.136 e. The van der Waals surface area contributed by atoms with E-state index in [1.165, 1.54) is 22.3 Å². The third-order valence-electron chi connectivity index (χ3n) is 13.0. The van der Waals surface area contributed by atoms with E-state index in [9.17, 15) is 5.26 Å². The molecule has 0 unspecified atom stereocenters. The Morgan fingerprint density at radius 3 is 2.03 bits per heavy atom. The van der Waals surface area contributed by atoms with Crippen LogP contribution in [0.15, 0.2) is 167 Å². The molecule has 0 amide bonds. The van der Waals surface area contributed by atoms with Crippen molar-refractivity contribution < 1.29 is 28.9 Å². The molecule has 345 valence electrons. The second kappa shape index (κ2) is 18.3. The molecule has 0 bridgehead atoms. The first-order valence-corrected chi connectivity index (χ1v) is 23.5. The molecule has 0 atom stereocenters. The Hall–Kier alpha value is -7.69. The number of hydrogen-bond donors (Lipinski definition) is 0. The minimum atomic E-state index is 0. The average Bonchev–Trinajstić information content (AvgIpc) is 4.06. The summed E-state index contributed by atoms with van der Waals surface area (Å²) in [4.78, 5) is 14.3. The van der Waals surface area contributed by atoms with Crippen molar-refractivity contribution in [1.82, 2.24) is 19.5 Å². The normalized spacial score (nSPS) is 11.8. The predicted molar refractivity (Wildman–Crippen MR) is 281 cm³/mol. The summed E-state index contributed by atoms with van der Waals surface area (Å²) in [5.74, 6) is 1.99. The van der Waals surface area contributed by atoms with Crippen LogP contribution in [0, 0.1) is 23.5 Å². The van der Waals surface area contributed by atoms with Crippen molar-refractivity contribution >= 4 is 65.7 Å². The van der Waals surface area contributed by atoms with Crippen molar-refractivity contribution in [2.45, 2.75) is 65.7 Å². The van der Waals surface area contributed by atoms with Gasteiger partial charge in [-0.05, 0) is 94.1 Å². The van der Waals surface area contributed by atoms with Crippen LogP contribution in [-0.2, 0) is 25.5 Å². The standard InChI is InChI=1S/C48H34N3O2.C14H15N2.Ir/c1-27(2)37-22-32(30-11-6-5-7-12-30)23-38(28(3)4)45(37)51-46-33-14-9-8-13-31(33)18-20-41(46)50-48(51)36-16-10-15-35-40-25-43-39(24-44(40)53-47(35)36)34-19-17-29(26-49)21-42(34)52-43;1-14(2,3)12-9-10-15-13(16-12)11-7-5-4-6-8-11;/h5-15,17-25,27-28H,1-4H3;4-7,9-10H,1-3H3;/q2*-1;. The maximum atomic E-state index is 9.45. The number of aromatic nitrogens is 4. The molecule has 4 aromatic heterocycles. The van der Waals surface area contributed by atoms with Crippen LogP contribution in [0.5, 0.6) is 0 Å². The Morgan fingerprint density at radius 1 is 0.614 bits per heavy atom. The quantitative estimate of drug-likeness (QED) is 0.154. The van der Waals surface area contributed by atoms with Gasteiger partial charge in [-0.1, -0.05) is 120 Å². The number of furan rings is 2. The summed E-state index contributed by atoms with van der Waals surface area (Å²) >= 11 is 0. The zero-order chi connectivity index (χ0) is 47.6. The first-order valence-electron chi connectivity index (χ1n) is 23.5. The molecule has 8 heteroatoms. The van der Waals surface area contributed by atoms with Gasteiger partial charge in [-0.15, -0.1) is 54.1 Å². The van der Waals surface area contributed by atoms with Crippen LogP contribution in [0.25, 0.3) is 105 Å². The summed E-state index contributed by atoms with van der Waals surface area (Å²) in [6.07, 6.45) is 1.81. The van der Waals surface area contributed by atoms with E-state index >= 15 is 0 Å². The van der Waals surface area contributed by atoms with Gasteiger partial charge in [0.05, 0.1) is 39.9 Å². The topological polar surface area (TPSA) is 93.7 Å². The third kappa shape index (κ3) is 8.15. The van der Waals surface area contributed by atoms with Crippen molar-refractivity contribution in [3.8, 4) is 45.7 Å². The zero-order valence-corrected chi connectivity index (χ0v) is 42.4. The Balaban J connectivity index is 0.000000285. The molecule has 0 fully saturated rings. The van der Waals surface area contributed by atoms with E-state index < -0.39 is 0 Å². The number of nitriles is 1. The van der Waals surface area contributed by atoms with Gasteiger partial charge in [0.2, 0.25) is 0 Å². The molecular weight excluding hydrogens is 1040 g/mol. The second-order valence-electron chi connectivity index (χ2n) is 19.4. The number of fused-ring (bicyclic) bond motifs is 9. The van der Waals surface area contributed by atoms with Crippen molar-refractivity contribution in [3.63, 3.8) is 0 Å². The molecule has 0 saturated carbocycles. The summed E-state index contributed by atoms with van der Waals surface area (Å²) in [5, 5.41) is 15.6. The van der Waals surface area contributed by atoms with Crippen molar-refractivity contribution in [1.29, 1.82) is 5.26 Å².